The van der Waals surface area contributed by atoms with Crippen LogP contribution < -0.4 is 10.5 Å². The number of hydrogen-bond acceptors (Lipinski definition) is 4. The quantitative estimate of drug-likeness (QED) is 0.355. The lowest BCUT2D eigenvalue weighted by Crippen LogP contribution is -2.53. The second-order valence-electron chi connectivity index (χ2n) is 12.0. The lowest BCUT2D eigenvalue weighted by Gasteiger charge is -2.40. The molecule has 2 bridgehead atoms. The Labute approximate surface area is 239 Å². The second kappa shape index (κ2) is 10.1. The van der Waals surface area contributed by atoms with Crippen LogP contribution in [0.1, 0.15) is 54.1 Å². The highest BCUT2D eigenvalue weighted by Gasteiger charge is 2.50. The Bertz CT molecular complexity index is 1640. The van der Waals surface area contributed by atoms with Gasteiger partial charge in [-0.2, -0.15) is 0 Å². The highest BCUT2D eigenvalue weighted by Crippen LogP contribution is 2.41. The number of carbonyl (C=O) groups excluding carboxylic acids is 3. The molecule has 41 heavy (non-hydrogen) atoms. The second-order valence-corrected chi connectivity index (χ2v) is 12.0. The summed E-state index contributed by atoms with van der Waals surface area (Å²) in [5, 5.41) is 0.863. The third-order valence-electron chi connectivity index (χ3n) is 8.16. The van der Waals surface area contributed by atoms with Crippen molar-refractivity contribution in [2.24, 2.45) is 11.1 Å². The minimum absolute atomic E-state index is 0.0563. The number of likely N-dealkylation sites (tertiary alicyclic amines) is 2. The van der Waals surface area contributed by atoms with Crippen LogP contribution >= 0.6 is 0 Å². The Balaban J connectivity index is 1.23. The average Bonchev–Trinajstić information content (AvgIpc) is 3.66. The zero-order chi connectivity index (χ0) is 28.9. The molecule has 1 aromatic heterocycles. The summed E-state index contributed by atoms with van der Waals surface area (Å²) in [4.78, 5) is 44.1. The summed E-state index contributed by atoms with van der Waals surface area (Å²) in [6, 6.07) is 25.3. The Hall–Kier alpha value is -4.59. The van der Waals surface area contributed by atoms with E-state index in [-0.39, 0.29) is 23.9 Å². The van der Waals surface area contributed by atoms with Gasteiger partial charge >= 0.3 is 0 Å². The molecule has 0 radical (unpaired) electrons. The maximum absolute atomic E-state index is 14.3. The summed E-state index contributed by atoms with van der Waals surface area (Å²) >= 11 is 0. The zero-order valence-electron chi connectivity index (χ0n) is 23.5. The first-order chi connectivity index (χ1) is 19.6. The van der Waals surface area contributed by atoms with Gasteiger partial charge < -0.3 is 24.8 Å². The third-order valence-corrected chi connectivity index (χ3v) is 8.16. The summed E-state index contributed by atoms with van der Waals surface area (Å²) in [5.74, 6) is 0.610. The molecular formula is C33H34N4O4. The Morgan fingerprint density at radius 1 is 0.829 bits per heavy atom. The average molecular weight is 551 g/mol. The molecule has 2 N–H and O–H groups in total. The van der Waals surface area contributed by atoms with Gasteiger partial charge in [-0.3, -0.25) is 14.4 Å². The molecule has 0 spiro atoms. The van der Waals surface area contributed by atoms with Crippen molar-refractivity contribution in [1.82, 2.24) is 14.4 Å². The molecule has 210 valence electrons. The summed E-state index contributed by atoms with van der Waals surface area (Å²) in [7, 11) is 0. The minimum atomic E-state index is -0.639. The number of nitrogens with zero attached hydrogens (tertiary/aromatic N) is 3. The number of benzene rings is 3. The van der Waals surface area contributed by atoms with Crippen LogP contribution in [0.5, 0.6) is 11.5 Å². The highest BCUT2D eigenvalue weighted by molar-refractivity contribution is 5.99. The molecular weight excluding hydrogens is 516 g/mol. The molecule has 0 aliphatic carbocycles. The Kier molecular flexibility index (Phi) is 6.56. The van der Waals surface area contributed by atoms with Gasteiger partial charge in [0.2, 0.25) is 5.91 Å². The van der Waals surface area contributed by atoms with Crippen LogP contribution in [0.4, 0.5) is 0 Å². The maximum atomic E-state index is 14.3. The van der Waals surface area contributed by atoms with E-state index in [4.69, 9.17) is 10.5 Å². The maximum Gasteiger partial charge on any atom is 0.265 e. The fraction of sp³-hybridized carbons (Fsp3) is 0.303. The van der Waals surface area contributed by atoms with Gasteiger partial charge in [0.15, 0.2) is 0 Å². The molecule has 0 unspecified atom stereocenters. The Morgan fingerprint density at radius 3 is 2.17 bits per heavy atom. The third kappa shape index (κ3) is 4.84. The molecule has 0 saturated carbocycles. The van der Waals surface area contributed by atoms with Crippen molar-refractivity contribution < 1.29 is 19.1 Å². The van der Waals surface area contributed by atoms with E-state index in [9.17, 15) is 14.4 Å². The molecule has 2 fully saturated rings. The molecule has 8 nitrogen and oxygen atoms in total. The summed E-state index contributed by atoms with van der Waals surface area (Å²) in [6.07, 6.45) is 0.726. The number of fused-ring (bicyclic) bond motifs is 3. The first-order valence-electron chi connectivity index (χ1n) is 14.0. The van der Waals surface area contributed by atoms with Crippen molar-refractivity contribution >= 4 is 28.6 Å². The van der Waals surface area contributed by atoms with Gasteiger partial charge in [-0.1, -0.05) is 63.2 Å². The van der Waals surface area contributed by atoms with Crippen molar-refractivity contribution in [1.29, 1.82) is 0 Å². The Morgan fingerprint density at radius 2 is 1.49 bits per heavy atom. The standard InChI is InChI=1S/C33H34N4O4/c1-33(2,3)29(37-27-15-8-7-10-21(27)17-28(37)30(34)38)32(40)36-20-23-18-24(36)19-35(23)31(39)22-11-9-14-26(16-22)41-25-12-5-4-6-13-25/h4-17,23-24,29H,18-20H2,1-3H3,(H2,34,38)/t23-,24-,29+/m0/s1. The van der Waals surface area contributed by atoms with Gasteiger partial charge in [0.05, 0.1) is 12.1 Å². The monoisotopic (exact) mass is 550 g/mol. The molecule has 8 heteroatoms. The zero-order valence-corrected chi connectivity index (χ0v) is 23.5. The summed E-state index contributed by atoms with van der Waals surface area (Å²) < 4.78 is 7.75. The van der Waals surface area contributed by atoms with Gasteiger partial charge in [0.1, 0.15) is 23.2 Å². The predicted octanol–water partition coefficient (Wildman–Crippen LogP) is 5.25. The number of para-hydroxylation sites is 2. The van der Waals surface area contributed by atoms with Crippen molar-refractivity contribution in [2.75, 3.05) is 13.1 Å². The van der Waals surface area contributed by atoms with Crippen LogP contribution in [0.25, 0.3) is 10.9 Å². The van der Waals surface area contributed by atoms with Crippen LogP contribution in [-0.4, -0.2) is 57.3 Å². The molecule has 3 aromatic carbocycles. The van der Waals surface area contributed by atoms with Gasteiger partial charge in [-0.25, -0.2) is 0 Å². The molecule has 6 rings (SSSR count). The lowest BCUT2D eigenvalue weighted by atomic mass is 9.85. The summed E-state index contributed by atoms with van der Waals surface area (Å²) in [6.45, 7) is 6.93. The lowest BCUT2D eigenvalue weighted by molar-refractivity contribution is -0.140. The van der Waals surface area contributed by atoms with E-state index in [1.165, 1.54) is 0 Å². The number of carbonyl (C=O) groups is 3. The number of primary amides is 1. The first kappa shape index (κ1) is 26.6. The van der Waals surface area contributed by atoms with Crippen molar-refractivity contribution in [3.8, 4) is 11.5 Å². The van der Waals surface area contributed by atoms with Crippen LogP contribution in [0.2, 0.25) is 0 Å². The van der Waals surface area contributed by atoms with Crippen molar-refractivity contribution in [3.05, 3.63) is 96.2 Å². The van der Waals surface area contributed by atoms with Gasteiger partial charge in [-0.05, 0) is 54.3 Å². The van der Waals surface area contributed by atoms with Crippen LogP contribution in [0.3, 0.4) is 0 Å². The van der Waals surface area contributed by atoms with Crippen LogP contribution in [0, 0.1) is 5.41 Å². The number of hydrogen-bond donors (Lipinski definition) is 1. The number of piperazine rings is 1. The number of amides is 3. The van der Waals surface area contributed by atoms with E-state index >= 15 is 0 Å². The van der Waals surface area contributed by atoms with Crippen molar-refractivity contribution in [2.45, 2.75) is 45.3 Å². The van der Waals surface area contributed by atoms with E-state index in [0.717, 1.165) is 17.3 Å². The van der Waals surface area contributed by atoms with Gasteiger partial charge in [0, 0.05) is 29.6 Å². The number of aromatic nitrogens is 1. The molecule has 3 heterocycles. The fourth-order valence-electron chi connectivity index (χ4n) is 6.34. The normalized spacial score (nSPS) is 19.0. The minimum Gasteiger partial charge on any atom is -0.457 e. The highest BCUT2D eigenvalue weighted by atomic mass is 16.5. The van der Waals surface area contributed by atoms with E-state index < -0.39 is 17.4 Å². The molecule has 3 atom stereocenters. The number of ether oxygens (including phenoxy) is 1. The number of rotatable bonds is 6. The molecule has 2 aliphatic rings. The predicted molar refractivity (Wildman–Crippen MR) is 157 cm³/mol. The van der Waals surface area contributed by atoms with Crippen LogP contribution in [-0.2, 0) is 4.79 Å². The molecule has 4 aromatic rings. The first-order valence-corrected chi connectivity index (χ1v) is 14.0. The SMILES string of the molecule is CC(C)(C)[C@@H](C(=O)N1C[C@@H]2C[C@H]1CN2C(=O)c1cccc(Oc2ccccc2)c1)n1c(C(N)=O)cc2ccccc21. The topological polar surface area (TPSA) is 97.9 Å². The van der Waals surface area contributed by atoms with E-state index in [0.29, 0.717) is 35.8 Å². The molecule has 2 saturated heterocycles. The number of nitrogens with two attached hydrogens (primary N) is 1. The smallest absolute Gasteiger partial charge is 0.265 e. The van der Waals surface area contributed by atoms with Crippen LogP contribution in [0.15, 0.2) is 84.9 Å². The summed E-state index contributed by atoms with van der Waals surface area (Å²) in [5.41, 5.74) is 6.97. The van der Waals surface area contributed by atoms with E-state index in [1.54, 1.807) is 18.2 Å². The van der Waals surface area contributed by atoms with E-state index in [1.807, 2.05) is 102 Å². The van der Waals surface area contributed by atoms with Crippen molar-refractivity contribution in [3.63, 3.8) is 0 Å². The fourth-order valence-corrected chi connectivity index (χ4v) is 6.34. The van der Waals surface area contributed by atoms with E-state index in [2.05, 4.69) is 0 Å². The molecule has 3 amide bonds. The molecule has 2 aliphatic heterocycles. The van der Waals surface area contributed by atoms with Gasteiger partial charge in [0.25, 0.3) is 11.8 Å². The van der Waals surface area contributed by atoms with Gasteiger partial charge in [-0.15, -0.1) is 0 Å². The largest absolute Gasteiger partial charge is 0.457 e.